The topological polar surface area (TPSA) is 110 Å². The molecule has 37 heavy (non-hydrogen) atoms. The standard InChI is InChI=1S/C25H30N8O4/c1-30(2)25(31(3)4)26-24(34)16-8-7-9-17(12-16)33-23(27-28-29-33)20-19-15(10-11-32(20)5)13-18-21(22(19)35-6)37-14-36-18/h7-9,12-13,20H,10-11,14H2,1-6H3/t20-/m1/s1. The van der Waals surface area contributed by atoms with Crippen molar-refractivity contribution in [3.8, 4) is 22.9 Å². The van der Waals surface area contributed by atoms with Gasteiger partial charge in [0.05, 0.1) is 12.8 Å². The van der Waals surface area contributed by atoms with Gasteiger partial charge in [0.25, 0.3) is 5.91 Å². The maximum atomic E-state index is 13.0. The Morgan fingerprint density at radius 1 is 1.16 bits per heavy atom. The lowest BCUT2D eigenvalue weighted by Gasteiger charge is -2.34. The van der Waals surface area contributed by atoms with Crippen LogP contribution in [0.4, 0.5) is 0 Å². The number of nitrogens with zero attached hydrogens (tertiary/aromatic N) is 8. The highest BCUT2D eigenvalue weighted by molar-refractivity contribution is 6.02. The van der Waals surface area contributed by atoms with Gasteiger partial charge in [-0.05, 0) is 53.7 Å². The Balaban J connectivity index is 1.57. The van der Waals surface area contributed by atoms with Gasteiger partial charge in [-0.2, -0.15) is 9.67 Å². The summed E-state index contributed by atoms with van der Waals surface area (Å²) in [6.07, 6.45) is 0.818. The first kappa shape index (κ1) is 24.5. The number of guanidine groups is 1. The molecule has 3 aromatic rings. The van der Waals surface area contributed by atoms with Gasteiger partial charge in [-0.25, -0.2) is 0 Å². The average molecular weight is 507 g/mol. The summed E-state index contributed by atoms with van der Waals surface area (Å²) in [6.45, 7) is 0.942. The first-order valence-corrected chi connectivity index (χ1v) is 11.9. The van der Waals surface area contributed by atoms with Crippen molar-refractivity contribution in [2.45, 2.75) is 12.5 Å². The highest BCUT2D eigenvalue weighted by Crippen LogP contribution is 2.50. The third-order valence-electron chi connectivity index (χ3n) is 6.47. The fraction of sp³-hybridized carbons (Fsp3) is 0.400. The highest BCUT2D eigenvalue weighted by atomic mass is 16.7. The van der Waals surface area contributed by atoms with Crippen LogP contribution in [0.3, 0.4) is 0 Å². The number of aromatic nitrogens is 4. The number of hydrogen-bond acceptors (Lipinski definition) is 8. The first-order chi connectivity index (χ1) is 17.8. The molecule has 0 bridgehead atoms. The maximum Gasteiger partial charge on any atom is 0.280 e. The summed E-state index contributed by atoms with van der Waals surface area (Å²) >= 11 is 0. The van der Waals surface area contributed by atoms with E-state index >= 15 is 0 Å². The summed E-state index contributed by atoms with van der Waals surface area (Å²) in [7, 11) is 11.0. The second-order valence-electron chi connectivity index (χ2n) is 9.35. The zero-order valence-electron chi connectivity index (χ0n) is 21.8. The Kier molecular flexibility index (Phi) is 6.42. The molecule has 12 nitrogen and oxygen atoms in total. The van der Waals surface area contributed by atoms with Gasteiger partial charge < -0.3 is 24.0 Å². The molecule has 1 amide bonds. The molecule has 0 spiro atoms. The van der Waals surface area contributed by atoms with E-state index in [-0.39, 0.29) is 18.7 Å². The molecule has 2 aliphatic rings. The molecule has 2 aromatic carbocycles. The van der Waals surface area contributed by atoms with Gasteiger partial charge in [0.1, 0.15) is 6.04 Å². The quantitative estimate of drug-likeness (QED) is 0.382. The monoisotopic (exact) mass is 506 g/mol. The molecule has 3 heterocycles. The van der Waals surface area contributed by atoms with Crippen LogP contribution in [-0.2, 0) is 6.42 Å². The summed E-state index contributed by atoms with van der Waals surface area (Å²) in [5.74, 6) is 2.67. The molecule has 2 aliphatic heterocycles. The van der Waals surface area contributed by atoms with Crippen LogP contribution in [0.25, 0.3) is 5.69 Å². The van der Waals surface area contributed by atoms with E-state index in [1.165, 1.54) is 0 Å². The van der Waals surface area contributed by atoms with E-state index < -0.39 is 0 Å². The van der Waals surface area contributed by atoms with E-state index in [0.29, 0.717) is 40.3 Å². The van der Waals surface area contributed by atoms with Crippen molar-refractivity contribution in [2.75, 3.05) is 55.7 Å². The molecule has 1 atom stereocenters. The number of benzene rings is 2. The summed E-state index contributed by atoms with van der Waals surface area (Å²) in [5, 5.41) is 12.7. The Bertz CT molecular complexity index is 1360. The largest absolute Gasteiger partial charge is 0.492 e. The second kappa shape index (κ2) is 9.69. The van der Waals surface area contributed by atoms with Crippen LogP contribution in [0, 0.1) is 0 Å². The van der Waals surface area contributed by atoms with Crippen LogP contribution in [0.2, 0.25) is 0 Å². The lowest BCUT2D eigenvalue weighted by molar-refractivity contribution is 0.0999. The van der Waals surface area contributed by atoms with Crippen LogP contribution in [0.15, 0.2) is 35.3 Å². The predicted octanol–water partition coefficient (Wildman–Crippen LogP) is 1.60. The second-order valence-corrected chi connectivity index (χ2v) is 9.35. The minimum Gasteiger partial charge on any atom is -0.492 e. The molecular weight excluding hydrogens is 476 g/mol. The molecule has 0 aliphatic carbocycles. The average Bonchev–Trinajstić information content (AvgIpc) is 3.55. The van der Waals surface area contributed by atoms with Gasteiger partial charge in [0.2, 0.25) is 18.5 Å². The lowest BCUT2D eigenvalue weighted by Crippen LogP contribution is -2.36. The number of tetrazole rings is 1. The van der Waals surface area contributed by atoms with Crippen molar-refractivity contribution < 1.29 is 19.0 Å². The fourth-order valence-corrected chi connectivity index (χ4v) is 4.83. The molecule has 12 heteroatoms. The number of rotatable bonds is 4. The molecule has 0 N–H and O–H groups in total. The molecular formula is C25H30N8O4. The molecule has 0 radical (unpaired) electrons. The number of likely N-dealkylation sites (N-methyl/N-ethyl adjacent to an activating group) is 1. The van der Waals surface area contributed by atoms with E-state index in [1.807, 2.05) is 47.4 Å². The molecule has 1 aromatic heterocycles. The number of amides is 1. The van der Waals surface area contributed by atoms with Gasteiger partial charge in [0, 0.05) is 45.9 Å². The van der Waals surface area contributed by atoms with E-state index in [1.54, 1.807) is 39.8 Å². The first-order valence-electron chi connectivity index (χ1n) is 11.9. The minimum atomic E-state index is -0.358. The number of hydrogen-bond donors (Lipinski definition) is 0. The number of aliphatic imine (C=N–C) groups is 1. The van der Waals surface area contributed by atoms with E-state index in [9.17, 15) is 4.79 Å². The van der Waals surface area contributed by atoms with Gasteiger partial charge in [-0.15, -0.1) is 5.10 Å². The van der Waals surface area contributed by atoms with Crippen molar-refractivity contribution in [3.63, 3.8) is 0 Å². The lowest BCUT2D eigenvalue weighted by atomic mass is 9.90. The predicted molar refractivity (Wildman–Crippen MR) is 136 cm³/mol. The van der Waals surface area contributed by atoms with Gasteiger partial charge in [0.15, 0.2) is 17.3 Å². The smallest absolute Gasteiger partial charge is 0.280 e. The van der Waals surface area contributed by atoms with Crippen molar-refractivity contribution in [2.24, 2.45) is 4.99 Å². The number of carbonyl (C=O) groups excluding carboxylic acids is 1. The van der Waals surface area contributed by atoms with Gasteiger partial charge in [-0.3, -0.25) is 9.69 Å². The maximum absolute atomic E-state index is 13.0. The summed E-state index contributed by atoms with van der Waals surface area (Å²) in [6, 6.07) is 8.84. The van der Waals surface area contributed by atoms with Crippen LogP contribution in [0.1, 0.15) is 33.4 Å². The zero-order chi connectivity index (χ0) is 26.3. The molecule has 5 rings (SSSR count). The van der Waals surface area contributed by atoms with Crippen molar-refractivity contribution in [1.82, 2.24) is 34.9 Å². The molecule has 194 valence electrons. The van der Waals surface area contributed by atoms with Crippen LogP contribution < -0.4 is 14.2 Å². The van der Waals surface area contributed by atoms with Crippen LogP contribution in [0.5, 0.6) is 17.2 Å². The molecule has 0 fully saturated rings. The van der Waals surface area contributed by atoms with Gasteiger partial charge in [-0.1, -0.05) is 6.07 Å². The van der Waals surface area contributed by atoms with Crippen molar-refractivity contribution >= 4 is 11.9 Å². The molecule has 0 saturated carbocycles. The molecule has 0 saturated heterocycles. The Morgan fingerprint density at radius 2 is 1.95 bits per heavy atom. The van der Waals surface area contributed by atoms with E-state index in [4.69, 9.17) is 14.2 Å². The van der Waals surface area contributed by atoms with E-state index in [2.05, 4.69) is 25.4 Å². The summed E-state index contributed by atoms with van der Waals surface area (Å²) in [4.78, 5) is 23.1. The number of methoxy groups -OCH3 is 1. The van der Waals surface area contributed by atoms with Crippen LogP contribution >= 0.6 is 0 Å². The van der Waals surface area contributed by atoms with Crippen molar-refractivity contribution in [1.29, 1.82) is 0 Å². The number of fused-ring (bicyclic) bond motifs is 2. The fourth-order valence-electron chi connectivity index (χ4n) is 4.83. The minimum absolute atomic E-state index is 0.152. The summed E-state index contributed by atoms with van der Waals surface area (Å²) in [5.41, 5.74) is 3.11. The van der Waals surface area contributed by atoms with Gasteiger partial charge >= 0.3 is 0 Å². The normalized spacial score (nSPS) is 16.2. The third kappa shape index (κ3) is 4.33. The Labute approximate surface area is 215 Å². The Hall–Kier alpha value is -4.19. The number of carbonyl (C=O) groups is 1. The molecule has 0 unspecified atom stereocenters. The van der Waals surface area contributed by atoms with E-state index in [0.717, 1.165) is 24.1 Å². The highest BCUT2D eigenvalue weighted by Gasteiger charge is 2.37. The Morgan fingerprint density at radius 3 is 2.68 bits per heavy atom. The summed E-state index contributed by atoms with van der Waals surface area (Å²) < 4.78 is 18.8. The van der Waals surface area contributed by atoms with Crippen molar-refractivity contribution in [3.05, 3.63) is 52.8 Å². The number of ether oxygens (including phenoxy) is 3. The third-order valence-corrected chi connectivity index (χ3v) is 6.47. The SMILES string of the molecule is COc1c2c(cc3c1[C@H](c1nnnn1-c1cccc(C(=O)N=C(N(C)C)N(C)C)c1)N(C)CC3)OCO2. The van der Waals surface area contributed by atoms with Crippen LogP contribution in [-0.4, -0.2) is 102 Å². The zero-order valence-corrected chi connectivity index (χ0v) is 21.8.